The second kappa shape index (κ2) is 3.30. The number of rotatable bonds is 2. The lowest BCUT2D eigenvalue weighted by Gasteiger charge is -2.43. The van der Waals surface area contributed by atoms with Crippen LogP contribution in [0.15, 0.2) is 30.6 Å². The molecule has 3 rings (SSSR count). The maximum absolute atomic E-state index is 9.46. The van der Waals surface area contributed by atoms with E-state index in [0.29, 0.717) is 6.54 Å². The number of hydrogen-bond donors (Lipinski definition) is 2. The Hall–Kier alpha value is -1.39. The number of nitrogens with two attached hydrogens (primary N) is 1. The number of nitrogens with zero attached hydrogens (tertiary/aromatic N) is 2. The van der Waals surface area contributed by atoms with Crippen LogP contribution in [0.3, 0.4) is 0 Å². The molecule has 2 aromatic heterocycles. The van der Waals surface area contributed by atoms with E-state index in [1.807, 2.05) is 35.0 Å². The van der Waals surface area contributed by atoms with Gasteiger partial charge in [0, 0.05) is 24.4 Å². The number of hydrogen-bond acceptors (Lipinski definition) is 3. The van der Waals surface area contributed by atoms with Crippen molar-refractivity contribution in [3.8, 4) is 0 Å². The molecule has 1 fully saturated rings. The van der Waals surface area contributed by atoms with Crippen molar-refractivity contribution in [3.63, 3.8) is 0 Å². The van der Waals surface area contributed by atoms with Gasteiger partial charge in [0.2, 0.25) is 0 Å². The van der Waals surface area contributed by atoms with Gasteiger partial charge in [-0.05, 0) is 25.0 Å². The molecule has 4 nitrogen and oxygen atoms in total. The standard InChI is InChI=1S/C12H15N3O/c13-8-12(5-9(16)6-12)10-7-15-4-2-1-3-11(15)14-10/h1-4,7,9,16H,5-6,8,13H2. The van der Waals surface area contributed by atoms with Gasteiger partial charge < -0.3 is 15.2 Å². The SMILES string of the molecule is NCC1(c2cn3ccccc3n2)CC(O)C1. The molecule has 1 aliphatic rings. The zero-order valence-electron chi connectivity index (χ0n) is 9.00. The van der Waals surface area contributed by atoms with Crippen LogP contribution in [0, 0.1) is 0 Å². The Kier molecular flexibility index (Phi) is 2.02. The predicted molar refractivity (Wildman–Crippen MR) is 61.2 cm³/mol. The van der Waals surface area contributed by atoms with Crippen molar-refractivity contribution in [1.82, 2.24) is 9.38 Å². The highest BCUT2D eigenvalue weighted by molar-refractivity contribution is 5.42. The van der Waals surface area contributed by atoms with Crippen LogP contribution < -0.4 is 5.73 Å². The molecule has 0 unspecified atom stereocenters. The second-order valence-corrected chi connectivity index (χ2v) is 4.64. The topological polar surface area (TPSA) is 63.5 Å². The van der Waals surface area contributed by atoms with Crippen LogP contribution in [-0.2, 0) is 5.41 Å². The van der Waals surface area contributed by atoms with Gasteiger partial charge in [-0.15, -0.1) is 0 Å². The quantitative estimate of drug-likeness (QED) is 0.777. The fourth-order valence-electron chi connectivity index (χ4n) is 2.51. The normalized spacial score (nSPS) is 29.2. The van der Waals surface area contributed by atoms with E-state index in [1.165, 1.54) is 0 Å². The van der Waals surface area contributed by atoms with E-state index in [9.17, 15) is 5.11 Å². The van der Waals surface area contributed by atoms with Crippen molar-refractivity contribution in [3.05, 3.63) is 36.3 Å². The summed E-state index contributed by atoms with van der Waals surface area (Å²) in [5.41, 5.74) is 7.66. The lowest BCUT2D eigenvalue weighted by Crippen LogP contribution is -2.50. The number of fused-ring (bicyclic) bond motifs is 1. The highest BCUT2D eigenvalue weighted by Crippen LogP contribution is 2.42. The second-order valence-electron chi connectivity index (χ2n) is 4.64. The van der Waals surface area contributed by atoms with E-state index in [-0.39, 0.29) is 11.5 Å². The van der Waals surface area contributed by atoms with Gasteiger partial charge in [-0.1, -0.05) is 6.07 Å². The average Bonchev–Trinajstić information content (AvgIpc) is 2.68. The van der Waals surface area contributed by atoms with E-state index in [0.717, 1.165) is 24.2 Å². The van der Waals surface area contributed by atoms with Crippen molar-refractivity contribution < 1.29 is 5.11 Å². The molecule has 0 radical (unpaired) electrons. The van der Waals surface area contributed by atoms with Gasteiger partial charge in [0.05, 0.1) is 11.8 Å². The average molecular weight is 217 g/mol. The Morgan fingerprint density at radius 1 is 1.50 bits per heavy atom. The van der Waals surface area contributed by atoms with E-state index in [4.69, 9.17) is 5.73 Å². The number of pyridine rings is 1. The number of aliphatic hydroxyl groups is 1. The molecule has 16 heavy (non-hydrogen) atoms. The Bertz CT molecular complexity index is 481. The predicted octanol–water partition coefficient (Wildman–Crippen LogP) is 0.685. The summed E-state index contributed by atoms with van der Waals surface area (Å²) in [5, 5.41) is 9.46. The summed E-state index contributed by atoms with van der Waals surface area (Å²) >= 11 is 0. The summed E-state index contributed by atoms with van der Waals surface area (Å²) in [5.74, 6) is 0. The highest BCUT2D eigenvalue weighted by atomic mass is 16.3. The van der Waals surface area contributed by atoms with Crippen molar-refractivity contribution >= 4 is 5.65 Å². The fourth-order valence-corrected chi connectivity index (χ4v) is 2.51. The molecule has 1 saturated carbocycles. The van der Waals surface area contributed by atoms with Gasteiger partial charge >= 0.3 is 0 Å². The molecule has 0 atom stereocenters. The molecule has 0 spiro atoms. The van der Waals surface area contributed by atoms with Crippen LogP contribution in [0.1, 0.15) is 18.5 Å². The number of imidazole rings is 1. The summed E-state index contributed by atoms with van der Waals surface area (Å²) in [6.07, 6.45) is 5.24. The summed E-state index contributed by atoms with van der Waals surface area (Å²) < 4.78 is 2.00. The van der Waals surface area contributed by atoms with Crippen molar-refractivity contribution in [1.29, 1.82) is 0 Å². The third-order valence-electron chi connectivity index (χ3n) is 3.55. The van der Waals surface area contributed by atoms with Gasteiger partial charge in [0.15, 0.2) is 0 Å². The molecule has 0 amide bonds. The molecule has 0 aliphatic heterocycles. The first kappa shape index (κ1) is 9.81. The van der Waals surface area contributed by atoms with Gasteiger partial charge in [0.25, 0.3) is 0 Å². The third kappa shape index (κ3) is 1.27. The van der Waals surface area contributed by atoms with Gasteiger partial charge in [0.1, 0.15) is 5.65 Å². The number of aromatic nitrogens is 2. The minimum atomic E-state index is -0.214. The van der Waals surface area contributed by atoms with Crippen LogP contribution in [0.25, 0.3) is 5.65 Å². The summed E-state index contributed by atoms with van der Waals surface area (Å²) in [4.78, 5) is 4.58. The molecule has 2 heterocycles. The van der Waals surface area contributed by atoms with E-state index in [1.54, 1.807) is 0 Å². The van der Waals surface area contributed by atoms with Crippen LogP contribution in [0.4, 0.5) is 0 Å². The lowest BCUT2D eigenvalue weighted by atomic mass is 9.65. The first-order valence-electron chi connectivity index (χ1n) is 5.56. The van der Waals surface area contributed by atoms with Crippen LogP contribution in [0.5, 0.6) is 0 Å². The molecule has 0 saturated heterocycles. The molecule has 0 bridgehead atoms. The van der Waals surface area contributed by atoms with E-state index < -0.39 is 0 Å². The molecule has 2 aromatic rings. The largest absolute Gasteiger partial charge is 0.393 e. The van der Waals surface area contributed by atoms with E-state index in [2.05, 4.69) is 4.98 Å². The molecule has 3 N–H and O–H groups in total. The smallest absolute Gasteiger partial charge is 0.136 e. The van der Waals surface area contributed by atoms with Gasteiger partial charge in [-0.25, -0.2) is 4.98 Å². The molecular formula is C12H15N3O. The van der Waals surface area contributed by atoms with Crippen molar-refractivity contribution in [2.24, 2.45) is 5.73 Å². The maximum atomic E-state index is 9.46. The minimum absolute atomic E-state index is 0.106. The fraction of sp³-hybridized carbons (Fsp3) is 0.417. The zero-order valence-corrected chi connectivity index (χ0v) is 9.00. The van der Waals surface area contributed by atoms with Crippen molar-refractivity contribution in [2.45, 2.75) is 24.4 Å². The highest BCUT2D eigenvalue weighted by Gasteiger charge is 2.45. The first-order chi connectivity index (χ1) is 7.73. The zero-order chi connectivity index (χ0) is 11.2. The Morgan fingerprint density at radius 2 is 2.31 bits per heavy atom. The Balaban J connectivity index is 2.05. The maximum Gasteiger partial charge on any atom is 0.136 e. The third-order valence-corrected chi connectivity index (χ3v) is 3.55. The Labute approximate surface area is 93.7 Å². The monoisotopic (exact) mass is 217 g/mol. The van der Waals surface area contributed by atoms with Crippen LogP contribution >= 0.6 is 0 Å². The Morgan fingerprint density at radius 3 is 2.94 bits per heavy atom. The summed E-state index contributed by atoms with van der Waals surface area (Å²) in [6.45, 7) is 0.550. The first-order valence-corrected chi connectivity index (χ1v) is 5.56. The molecular weight excluding hydrogens is 202 g/mol. The summed E-state index contributed by atoms with van der Waals surface area (Å²) in [6, 6.07) is 5.92. The lowest BCUT2D eigenvalue weighted by molar-refractivity contribution is 0.0203. The number of aliphatic hydroxyl groups excluding tert-OH is 1. The minimum Gasteiger partial charge on any atom is -0.393 e. The summed E-state index contributed by atoms with van der Waals surface area (Å²) in [7, 11) is 0. The van der Waals surface area contributed by atoms with Crippen LogP contribution in [0.2, 0.25) is 0 Å². The molecule has 4 heteroatoms. The van der Waals surface area contributed by atoms with E-state index >= 15 is 0 Å². The molecule has 1 aliphatic carbocycles. The van der Waals surface area contributed by atoms with Crippen LogP contribution in [-0.4, -0.2) is 27.1 Å². The molecule has 84 valence electrons. The van der Waals surface area contributed by atoms with Crippen molar-refractivity contribution in [2.75, 3.05) is 6.54 Å². The van der Waals surface area contributed by atoms with Gasteiger partial charge in [-0.3, -0.25) is 0 Å². The van der Waals surface area contributed by atoms with Gasteiger partial charge in [-0.2, -0.15) is 0 Å². The molecule has 0 aromatic carbocycles.